The molecule has 0 unspecified atom stereocenters. The normalized spacial score (nSPS) is 13.8. The molecule has 6 heteroatoms. The minimum absolute atomic E-state index is 0.766. The first-order chi connectivity index (χ1) is 14.2. The van der Waals surface area contributed by atoms with Gasteiger partial charge in [-0.1, -0.05) is 29.8 Å². The highest BCUT2D eigenvalue weighted by Crippen LogP contribution is 2.21. The minimum Gasteiger partial charge on any atom is -0.368 e. The van der Waals surface area contributed by atoms with Crippen LogP contribution >= 0.6 is 23.8 Å². The average molecular weight is 423 g/mol. The molecule has 148 valence electrons. The predicted octanol–water partition coefficient (Wildman–Crippen LogP) is 5.60. The third-order valence-electron chi connectivity index (χ3n) is 4.96. The van der Waals surface area contributed by atoms with E-state index >= 15 is 0 Å². The third kappa shape index (κ3) is 5.19. The Morgan fingerprint density at radius 3 is 1.97 bits per heavy atom. The fraction of sp³-hybridized carbons (Fsp3) is 0.174. The van der Waals surface area contributed by atoms with Gasteiger partial charge in [-0.05, 0) is 72.9 Å². The van der Waals surface area contributed by atoms with E-state index in [1.807, 2.05) is 54.6 Å². The molecule has 1 aliphatic rings. The summed E-state index contributed by atoms with van der Waals surface area (Å²) in [7, 11) is 0. The molecule has 4 rings (SSSR count). The van der Waals surface area contributed by atoms with Crippen molar-refractivity contribution < 1.29 is 0 Å². The van der Waals surface area contributed by atoms with Crippen LogP contribution in [-0.2, 0) is 0 Å². The number of thiocarbonyl (C=S) groups is 1. The lowest BCUT2D eigenvalue weighted by molar-refractivity contribution is 0.391. The minimum atomic E-state index is 0.766. The number of hydrogen-bond donors (Lipinski definition) is 2. The SMILES string of the molecule is S=C(Nc1ccc(Nc2ccccc2)cc1)N1CCN(c2ccc(Cl)cc2)CC1. The number of benzene rings is 3. The summed E-state index contributed by atoms with van der Waals surface area (Å²) in [6.07, 6.45) is 0. The van der Waals surface area contributed by atoms with Gasteiger partial charge < -0.3 is 20.4 Å². The van der Waals surface area contributed by atoms with Gasteiger partial charge >= 0.3 is 0 Å². The van der Waals surface area contributed by atoms with Crippen molar-refractivity contribution in [2.45, 2.75) is 0 Å². The highest BCUT2D eigenvalue weighted by atomic mass is 35.5. The molecular weight excluding hydrogens is 400 g/mol. The zero-order valence-electron chi connectivity index (χ0n) is 16.0. The molecule has 2 N–H and O–H groups in total. The van der Waals surface area contributed by atoms with Crippen LogP contribution in [0.4, 0.5) is 22.7 Å². The first-order valence-corrected chi connectivity index (χ1v) is 10.4. The molecule has 1 saturated heterocycles. The van der Waals surface area contributed by atoms with Gasteiger partial charge in [0.25, 0.3) is 0 Å². The Morgan fingerprint density at radius 2 is 1.31 bits per heavy atom. The molecule has 0 atom stereocenters. The summed E-state index contributed by atoms with van der Waals surface area (Å²) in [6.45, 7) is 3.65. The summed E-state index contributed by atoms with van der Waals surface area (Å²) in [5.41, 5.74) is 4.31. The van der Waals surface area contributed by atoms with Gasteiger partial charge in [-0.25, -0.2) is 0 Å². The Bertz CT molecular complexity index is 937. The number of anilines is 4. The Morgan fingerprint density at radius 1 is 0.724 bits per heavy atom. The van der Waals surface area contributed by atoms with E-state index in [9.17, 15) is 0 Å². The number of nitrogens with one attached hydrogen (secondary N) is 2. The molecule has 4 nitrogen and oxygen atoms in total. The van der Waals surface area contributed by atoms with Gasteiger partial charge in [-0.2, -0.15) is 0 Å². The second-order valence-electron chi connectivity index (χ2n) is 6.95. The van der Waals surface area contributed by atoms with Crippen molar-refractivity contribution in [3.8, 4) is 0 Å². The maximum atomic E-state index is 5.99. The first-order valence-electron chi connectivity index (χ1n) is 9.66. The van der Waals surface area contributed by atoms with Crippen LogP contribution in [0.5, 0.6) is 0 Å². The second-order valence-corrected chi connectivity index (χ2v) is 7.77. The van der Waals surface area contributed by atoms with E-state index in [-0.39, 0.29) is 0 Å². The maximum Gasteiger partial charge on any atom is 0.173 e. The lowest BCUT2D eigenvalue weighted by atomic mass is 10.2. The molecule has 1 aliphatic heterocycles. The molecule has 0 bridgehead atoms. The number of para-hydroxylation sites is 1. The maximum absolute atomic E-state index is 5.99. The van der Waals surface area contributed by atoms with Crippen LogP contribution < -0.4 is 15.5 Å². The number of rotatable bonds is 4. The highest BCUT2D eigenvalue weighted by Gasteiger charge is 2.19. The van der Waals surface area contributed by atoms with E-state index in [2.05, 4.69) is 44.7 Å². The molecule has 29 heavy (non-hydrogen) atoms. The van der Waals surface area contributed by atoms with Crippen LogP contribution in [0.3, 0.4) is 0 Å². The van der Waals surface area contributed by atoms with Crippen molar-refractivity contribution in [3.05, 3.63) is 83.9 Å². The summed E-state index contributed by atoms with van der Waals surface area (Å²) >= 11 is 11.6. The fourth-order valence-electron chi connectivity index (χ4n) is 3.35. The van der Waals surface area contributed by atoms with E-state index in [1.165, 1.54) is 5.69 Å². The predicted molar refractivity (Wildman–Crippen MR) is 128 cm³/mol. The average Bonchev–Trinajstić information content (AvgIpc) is 2.76. The van der Waals surface area contributed by atoms with Gasteiger partial charge in [0.2, 0.25) is 0 Å². The Labute approximate surface area is 182 Å². The van der Waals surface area contributed by atoms with Crippen LogP contribution in [-0.4, -0.2) is 36.2 Å². The Hall–Kier alpha value is -2.76. The zero-order chi connectivity index (χ0) is 20.1. The van der Waals surface area contributed by atoms with Gasteiger partial charge in [0.1, 0.15) is 0 Å². The van der Waals surface area contributed by atoms with Crippen LogP contribution in [0.2, 0.25) is 5.02 Å². The van der Waals surface area contributed by atoms with Gasteiger partial charge in [0.15, 0.2) is 5.11 Å². The topological polar surface area (TPSA) is 30.5 Å². The van der Waals surface area contributed by atoms with Crippen molar-refractivity contribution in [1.29, 1.82) is 0 Å². The zero-order valence-corrected chi connectivity index (χ0v) is 17.6. The van der Waals surface area contributed by atoms with Crippen LogP contribution in [0.15, 0.2) is 78.9 Å². The molecule has 1 heterocycles. The fourth-order valence-corrected chi connectivity index (χ4v) is 3.77. The summed E-state index contributed by atoms with van der Waals surface area (Å²) in [5.74, 6) is 0. The van der Waals surface area contributed by atoms with Crippen LogP contribution in [0, 0.1) is 0 Å². The standard InChI is InChI=1S/C23H23ClN4S/c24-18-6-12-22(13-7-18)27-14-16-28(17-15-27)23(29)26-21-10-8-20(9-11-21)25-19-4-2-1-3-5-19/h1-13,25H,14-17H2,(H,26,29). The number of hydrogen-bond acceptors (Lipinski definition) is 3. The van der Waals surface area contributed by atoms with Gasteiger partial charge in [-0.15, -0.1) is 0 Å². The quantitative estimate of drug-likeness (QED) is 0.534. The Balaban J connectivity index is 1.29. The number of halogens is 1. The molecule has 0 aliphatic carbocycles. The summed E-state index contributed by atoms with van der Waals surface area (Å²) in [6, 6.07) is 26.3. The van der Waals surface area contributed by atoms with Crippen molar-refractivity contribution in [2.75, 3.05) is 41.7 Å². The molecule has 0 saturated carbocycles. The van der Waals surface area contributed by atoms with E-state index in [4.69, 9.17) is 23.8 Å². The summed E-state index contributed by atoms with van der Waals surface area (Å²) < 4.78 is 0. The molecule has 1 fully saturated rings. The van der Waals surface area contributed by atoms with Gasteiger partial charge in [0.05, 0.1) is 0 Å². The van der Waals surface area contributed by atoms with Crippen molar-refractivity contribution in [2.24, 2.45) is 0 Å². The van der Waals surface area contributed by atoms with Crippen LogP contribution in [0.1, 0.15) is 0 Å². The molecule has 3 aromatic carbocycles. The second kappa shape index (κ2) is 9.16. The van der Waals surface area contributed by atoms with E-state index < -0.39 is 0 Å². The van der Waals surface area contributed by atoms with Gasteiger partial charge in [-0.3, -0.25) is 0 Å². The molecular formula is C23H23ClN4S. The lowest BCUT2D eigenvalue weighted by Gasteiger charge is -2.37. The van der Waals surface area contributed by atoms with E-state index in [1.54, 1.807) is 0 Å². The summed E-state index contributed by atoms with van der Waals surface area (Å²) in [4.78, 5) is 4.58. The van der Waals surface area contributed by atoms with Crippen molar-refractivity contribution in [1.82, 2.24) is 4.90 Å². The molecule has 0 amide bonds. The number of nitrogens with zero attached hydrogens (tertiary/aromatic N) is 2. The monoisotopic (exact) mass is 422 g/mol. The molecule has 0 aromatic heterocycles. The summed E-state index contributed by atoms with van der Waals surface area (Å²) in [5, 5.41) is 8.28. The lowest BCUT2D eigenvalue weighted by Crippen LogP contribution is -2.50. The Kier molecular flexibility index (Phi) is 6.17. The molecule has 0 radical (unpaired) electrons. The van der Waals surface area contributed by atoms with E-state index in [0.717, 1.165) is 53.4 Å². The molecule has 0 spiro atoms. The van der Waals surface area contributed by atoms with Gasteiger partial charge in [0, 0.05) is 54.0 Å². The molecule has 3 aromatic rings. The van der Waals surface area contributed by atoms with Crippen molar-refractivity contribution in [3.63, 3.8) is 0 Å². The third-order valence-corrected chi connectivity index (χ3v) is 5.57. The smallest absolute Gasteiger partial charge is 0.173 e. The largest absolute Gasteiger partial charge is 0.368 e. The highest BCUT2D eigenvalue weighted by molar-refractivity contribution is 7.80. The van der Waals surface area contributed by atoms with E-state index in [0.29, 0.717) is 0 Å². The van der Waals surface area contributed by atoms with Crippen molar-refractivity contribution >= 4 is 51.7 Å². The number of piperazine rings is 1. The van der Waals surface area contributed by atoms with Crippen LogP contribution in [0.25, 0.3) is 0 Å². The first kappa shape index (κ1) is 19.6.